The second kappa shape index (κ2) is 6.90. The van der Waals surface area contributed by atoms with Gasteiger partial charge in [0, 0.05) is 23.6 Å². The summed E-state index contributed by atoms with van der Waals surface area (Å²) in [4.78, 5) is 7.75. The van der Waals surface area contributed by atoms with Crippen molar-refractivity contribution < 1.29 is 13.8 Å². The maximum Gasteiger partial charge on any atom is 0.394 e. The van der Waals surface area contributed by atoms with Crippen LogP contribution in [0.2, 0.25) is 0 Å². The molecule has 1 aliphatic rings. The summed E-state index contributed by atoms with van der Waals surface area (Å²) in [5.74, 6) is 0.282. The van der Waals surface area contributed by atoms with Crippen LogP contribution in [0.1, 0.15) is 16.8 Å². The Morgan fingerprint density at radius 2 is 2.07 bits per heavy atom. The molecule has 0 atom stereocenters. The van der Waals surface area contributed by atoms with Gasteiger partial charge in [-0.15, -0.1) is 0 Å². The highest BCUT2D eigenvalue weighted by molar-refractivity contribution is 5.63. The molecule has 142 valence electrons. The van der Waals surface area contributed by atoms with E-state index in [9.17, 15) is 9.65 Å². The summed E-state index contributed by atoms with van der Waals surface area (Å²) in [6.07, 6.45) is 3.73. The van der Waals surface area contributed by atoms with Gasteiger partial charge in [0.25, 0.3) is 0 Å². The van der Waals surface area contributed by atoms with Gasteiger partial charge in [-0.25, -0.2) is 9.37 Å². The maximum absolute atomic E-state index is 13.8. The molecule has 2 aromatic heterocycles. The number of anilines is 1. The highest BCUT2D eigenvalue weighted by Crippen LogP contribution is 2.29. The topological polar surface area (TPSA) is 96.9 Å². The van der Waals surface area contributed by atoms with Gasteiger partial charge in [-0.1, -0.05) is 15.5 Å². The number of ether oxygens (including phenoxy) is 1. The first kappa shape index (κ1) is 17.9. The molecule has 0 saturated heterocycles. The van der Waals surface area contributed by atoms with Crippen LogP contribution in [-0.4, -0.2) is 26.8 Å². The third-order valence-corrected chi connectivity index (χ3v) is 4.70. The monoisotopic (exact) mass is 380 g/mol. The Morgan fingerprint density at radius 1 is 1.25 bits per heavy atom. The van der Waals surface area contributed by atoms with Crippen LogP contribution < -0.4 is 15.2 Å². The van der Waals surface area contributed by atoms with E-state index in [4.69, 9.17) is 10.5 Å². The standard InChI is InChI=1S/C19H18FN7O/c1-25-8-12-3-4-15(20)5-14(12)10-28-17-6-13(7-23-19(17)22)18-16(9-25)24-26(2)27(18)11-21/h3-7,22H,8-10H2,1-2H3/p+1. The van der Waals surface area contributed by atoms with Crippen molar-refractivity contribution in [2.75, 3.05) is 12.8 Å². The lowest BCUT2D eigenvalue weighted by Crippen LogP contribution is -2.39. The number of nitrogens with zero attached hydrogens (tertiary/aromatic N) is 6. The molecule has 0 radical (unpaired) electrons. The second-order valence-corrected chi connectivity index (χ2v) is 6.78. The van der Waals surface area contributed by atoms with Crippen molar-refractivity contribution >= 4 is 5.82 Å². The molecule has 4 rings (SSSR count). The Bertz CT molecular complexity index is 1100. The van der Waals surface area contributed by atoms with E-state index in [0.29, 0.717) is 35.8 Å². The molecule has 0 unspecified atom stereocenters. The average Bonchev–Trinajstić information content (AvgIpc) is 2.97. The molecule has 1 aromatic carbocycles. The van der Waals surface area contributed by atoms with Crippen LogP contribution in [-0.2, 0) is 26.7 Å². The molecule has 0 fully saturated rings. The van der Waals surface area contributed by atoms with Crippen LogP contribution in [0.25, 0.3) is 11.3 Å². The number of halogens is 1. The van der Waals surface area contributed by atoms with Gasteiger partial charge < -0.3 is 10.5 Å². The van der Waals surface area contributed by atoms with Crippen molar-refractivity contribution in [2.45, 2.75) is 19.7 Å². The van der Waals surface area contributed by atoms with Gasteiger partial charge in [0.15, 0.2) is 23.0 Å². The zero-order valence-corrected chi connectivity index (χ0v) is 15.6. The molecule has 2 bridgehead atoms. The van der Waals surface area contributed by atoms with Crippen LogP contribution in [0.5, 0.6) is 5.75 Å². The fourth-order valence-corrected chi connectivity index (χ4v) is 3.39. The van der Waals surface area contributed by atoms with Crippen LogP contribution in [0, 0.1) is 17.3 Å². The molecule has 2 N–H and O–H groups in total. The van der Waals surface area contributed by atoms with Crippen molar-refractivity contribution in [3.05, 3.63) is 53.1 Å². The number of hydrogen-bond donors (Lipinski definition) is 1. The summed E-state index contributed by atoms with van der Waals surface area (Å²) in [6.45, 7) is 1.23. The SMILES string of the molecule is CN1Cc2ccc(F)cc2COc2cc(cnc2N)-c2c(nn(C)[n+]2C#N)C1. The number of nitrogens with two attached hydrogens (primary N) is 1. The van der Waals surface area contributed by atoms with Crippen LogP contribution in [0.3, 0.4) is 0 Å². The summed E-state index contributed by atoms with van der Waals surface area (Å²) in [5.41, 5.74) is 9.67. The zero-order valence-electron chi connectivity index (χ0n) is 15.6. The van der Waals surface area contributed by atoms with E-state index >= 15 is 0 Å². The third-order valence-electron chi connectivity index (χ3n) is 4.70. The Hall–Kier alpha value is -3.51. The highest BCUT2D eigenvalue weighted by atomic mass is 19.1. The molecule has 3 aromatic rings. The smallest absolute Gasteiger partial charge is 0.394 e. The molecule has 1 aliphatic heterocycles. The fraction of sp³-hybridized carbons (Fsp3) is 0.263. The van der Waals surface area contributed by atoms with E-state index in [-0.39, 0.29) is 18.2 Å². The quantitative estimate of drug-likeness (QED) is 0.591. The van der Waals surface area contributed by atoms with Gasteiger partial charge in [0.2, 0.25) is 0 Å². The highest BCUT2D eigenvalue weighted by Gasteiger charge is 2.26. The fourth-order valence-electron chi connectivity index (χ4n) is 3.39. The normalized spacial score (nSPS) is 14.1. The molecular formula is C19H19FN7O+. The van der Waals surface area contributed by atoms with E-state index in [1.807, 2.05) is 7.05 Å². The molecule has 0 aliphatic carbocycles. The minimum atomic E-state index is -0.320. The van der Waals surface area contributed by atoms with Gasteiger partial charge in [0.05, 0.1) is 13.6 Å². The molecule has 8 nitrogen and oxygen atoms in total. The Morgan fingerprint density at radius 3 is 2.86 bits per heavy atom. The number of nitriles is 1. The van der Waals surface area contributed by atoms with E-state index in [0.717, 1.165) is 11.1 Å². The Labute approximate surface area is 161 Å². The Kier molecular flexibility index (Phi) is 4.41. The van der Waals surface area contributed by atoms with E-state index in [1.54, 1.807) is 25.4 Å². The van der Waals surface area contributed by atoms with Crippen molar-refractivity contribution in [3.8, 4) is 23.2 Å². The number of hydrogen-bond acceptors (Lipinski definition) is 6. The predicted molar refractivity (Wildman–Crippen MR) is 98.0 cm³/mol. The van der Waals surface area contributed by atoms with Crippen LogP contribution in [0.4, 0.5) is 10.2 Å². The lowest BCUT2D eigenvalue weighted by Gasteiger charge is -2.19. The summed E-state index contributed by atoms with van der Waals surface area (Å²) in [7, 11) is 3.65. The summed E-state index contributed by atoms with van der Waals surface area (Å²) in [6, 6.07) is 6.39. The molecule has 0 spiro atoms. The van der Waals surface area contributed by atoms with Gasteiger partial charge in [-0.3, -0.25) is 4.90 Å². The molecule has 9 heteroatoms. The van der Waals surface area contributed by atoms with E-state index in [2.05, 4.69) is 21.2 Å². The summed E-state index contributed by atoms with van der Waals surface area (Å²) >= 11 is 0. The number of rotatable bonds is 0. The lowest BCUT2D eigenvalue weighted by atomic mass is 10.1. The molecule has 28 heavy (non-hydrogen) atoms. The molecule has 0 saturated carbocycles. The van der Waals surface area contributed by atoms with E-state index < -0.39 is 0 Å². The molecule has 0 amide bonds. The van der Waals surface area contributed by atoms with Gasteiger partial charge in [0.1, 0.15) is 12.4 Å². The molecule has 3 heterocycles. The van der Waals surface area contributed by atoms with Crippen molar-refractivity contribution in [2.24, 2.45) is 7.05 Å². The first-order chi connectivity index (χ1) is 13.5. The van der Waals surface area contributed by atoms with Gasteiger partial charge in [-0.2, -0.15) is 0 Å². The van der Waals surface area contributed by atoms with Gasteiger partial charge >= 0.3 is 6.19 Å². The van der Waals surface area contributed by atoms with Crippen molar-refractivity contribution in [3.63, 3.8) is 0 Å². The van der Waals surface area contributed by atoms with Gasteiger partial charge in [-0.05, 0) is 41.5 Å². The first-order valence-electron chi connectivity index (χ1n) is 8.69. The summed E-state index contributed by atoms with van der Waals surface area (Å²) < 4.78 is 21.0. The Balaban J connectivity index is 1.89. The van der Waals surface area contributed by atoms with Crippen LogP contribution in [0.15, 0.2) is 30.5 Å². The summed E-state index contributed by atoms with van der Waals surface area (Å²) in [5, 5.41) is 14.1. The second-order valence-electron chi connectivity index (χ2n) is 6.78. The number of nitrogen functional groups attached to an aromatic ring is 1. The average molecular weight is 380 g/mol. The number of pyridine rings is 1. The number of fused-ring (bicyclic) bond motifs is 5. The minimum Gasteiger partial charge on any atom is -0.485 e. The lowest BCUT2D eigenvalue weighted by molar-refractivity contribution is -0.669. The zero-order chi connectivity index (χ0) is 19.8. The number of aryl methyl sites for hydroxylation is 1. The first-order valence-corrected chi connectivity index (χ1v) is 8.69. The predicted octanol–water partition coefficient (Wildman–Crippen LogP) is 1.34. The largest absolute Gasteiger partial charge is 0.485 e. The van der Waals surface area contributed by atoms with E-state index in [1.165, 1.54) is 21.6 Å². The minimum absolute atomic E-state index is 0.161. The third kappa shape index (κ3) is 3.14. The molecular weight excluding hydrogens is 361 g/mol. The van der Waals surface area contributed by atoms with Crippen molar-refractivity contribution in [1.29, 1.82) is 5.26 Å². The maximum atomic E-state index is 13.8. The van der Waals surface area contributed by atoms with Crippen LogP contribution >= 0.6 is 0 Å². The van der Waals surface area contributed by atoms with Crippen molar-refractivity contribution in [1.82, 2.24) is 19.8 Å². The number of aromatic nitrogens is 4. The number of benzene rings is 1.